The van der Waals surface area contributed by atoms with Crippen LogP contribution in [0, 0.1) is 13.8 Å². The zero-order chi connectivity index (χ0) is 17.3. The summed E-state index contributed by atoms with van der Waals surface area (Å²) in [6.07, 6.45) is 4.63. The van der Waals surface area contributed by atoms with Crippen LogP contribution < -0.4 is 9.05 Å². The summed E-state index contributed by atoms with van der Waals surface area (Å²) in [5.74, 6) is 2.16. The van der Waals surface area contributed by atoms with E-state index < -0.39 is 8.53 Å². The molecule has 130 valence electrons. The van der Waals surface area contributed by atoms with Gasteiger partial charge in [-0.15, -0.1) is 0 Å². The average molecular weight is 353 g/mol. The second-order valence-electron chi connectivity index (χ2n) is 7.84. The summed E-state index contributed by atoms with van der Waals surface area (Å²) in [4.78, 5) is 0. The van der Waals surface area contributed by atoms with E-state index in [2.05, 4.69) is 42.8 Å². The molecule has 0 amide bonds. The SMILES string of the molecule is Cc1ccc2c3c1OP(N(C)C)Oc1c(C)ccc4c1C3(CC2)CC4. The minimum Gasteiger partial charge on any atom is -0.426 e. The van der Waals surface area contributed by atoms with Crippen molar-refractivity contribution in [1.82, 2.24) is 4.67 Å². The summed E-state index contributed by atoms with van der Waals surface area (Å²) in [6.45, 7) is 4.33. The van der Waals surface area contributed by atoms with Crippen molar-refractivity contribution in [2.45, 2.75) is 44.9 Å². The van der Waals surface area contributed by atoms with E-state index in [1.54, 1.807) is 0 Å². The Labute approximate surface area is 150 Å². The number of aryl methyl sites for hydroxylation is 4. The van der Waals surface area contributed by atoms with E-state index in [0.717, 1.165) is 24.3 Å². The van der Waals surface area contributed by atoms with Gasteiger partial charge in [0, 0.05) is 16.5 Å². The minimum absolute atomic E-state index is 0.0844. The van der Waals surface area contributed by atoms with E-state index in [4.69, 9.17) is 9.05 Å². The molecule has 0 N–H and O–H groups in total. The summed E-state index contributed by atoms with van der Waals surface area (Å²) in [5, 5.41) is 0. The lowest BCUT2D eigenvalue weighted by atomic mass is 9.75. The van der Waals surface area contributed by atoms with Crippen LogP contribution in [0.4, 0.5) is 0 Å². The maximum absolute atomic E-state index is 6.55. The van der Waals surface area contributed by atoms with Crippen LogP contribution in [0.3, 0.4) is 0 Å². The van der Waals surface area contributed by atoms with Gasteiger partial charge in [-0.05, 0) is 75.9 Å². The molecule has 2 aromatic rings. The third-order valence-corrected chi connectivity index (χ3v) is 7.48. The predicted molar refractivity (Wildman–Crippen MR) is 102 cm³/mol. The molecule has 0 fully saturated rings. The van der Waals surface area contributed by atoms with Gasteiger partial charge in [-0.3, -0.25) is 0 Å². The highest BCUT2D eigenvalue weighted by Crippen LogP contribution is 2.62. The summed E-state index contributed by atoms with van der Waals surface area (Å²) in [5.41, 5.74) is 8.38. The zero-order valence-electron chi connectivity index (χ0n) is 15.3. The van der Waals surface area contributed by atoms with Crippen molar-refractivity contribution in [2.75, 3.05) is 14.1 Å². The fraction of sp³-hybridized carbons (Fsp3) is 0.429. The number of benzene rings is 2. The monoisotopic (exact) mass is 353 g/mol. The zero-order valence-corrected chi connectivity index (χ0v) is 16.2. The number of nitrogens with zero attached hydrogens (tertiary/aromatic N) is 1. The fourth-order valence-corrected chi connectivity index (χ4v) is 6.09. The van der Waals surface area contributed by atoms with Crippen molar-refractivity contribution in [3.05, 3.63) is 57.6 Å². The van der Waals surface area contributed by atoms with Gasteiger partial charge in [0.05, 0.1) is 0 Å². The molecular formula is C21H24NO2P. The molecule has 3 aliphatic rings. The topological polar surface area (TPSA) is 21.7 Å². The van der Waals surface area contributed by atoms with E-state index in [9.17, 15) is 0 Å². The van der Waals surface area contributed by atoms with E-state index in [-0.39, 0.29) is 5.41 Å². The van der Waals surface area contributed by atoms with Crippen LogP contribution >= 0.6 is 8.53 Å². The largest absolute Gasteiger partial charge is 0.426 e. The summed E-state index contributed by atoms with van der Waals surface area (Å²) in [6, 6.07) is 9.07. The van der Waals surface area contributed by atoms with Gasteiger partial charge < -0.3 is 9.05 Å². The molecule has 5 rings (SSSR count). The van der Waals surface area contributed by atoms with Gasteiger partial charge >= 0.3 is 8.53 Å². The first-order valence-corrected chi connectivity index (χ1v) is 10.2. The smallest absolute Gasteiger partial charge is 0.384 e. The highest BCUT2D eigenvalue weighted by molar-refractivity contribution is 7.45. The molecule has 0 saturated heterocycles. The lowest BCUT2D eigenvalue weighted by Gasteiger charge is -2.36. The third kappa shape index (κ3) is 2.00. The van der Waals surface area contributed by atoms with Gasteiger partial charge in [-0.25, -0.2) is 4.67 Å². The van der Waals surface area contributed by atoms with Gasteiger partial charge in [0.15, 0.2) is 0 Å². The third-order valence-electron chi connectivity index (χ3n) is 6.15. The fourth-order valence-electron chi connectivity index (χ4n) is 4.94. The van der Waals surface area contributed by atoms with E-state index in [1.807, 2.05) is 14.1 Å². The molecule has 0 radical (unpaired) electrons. The van der Waals surface area contributed by atoms with Crippen molar-refractivity contribution in [1.29, 1.82) is 0 Å². The highest BCUT2D eigenvalue weighted by atomic mass is 31.2. The summed E-state index contributed by atoms with van der Waals surface area (Å²) in [7, 11) is 2.92. The molecular weight excluding hydrogens is 329 g/mol. The molecule has 1 heterocycles. The van der Waals surface area contributed by atoms with Crippen molar-refractivity contribution in [3.8, 4) is 11.5 Å². The van der Waals surface area contributed by atoms with Crippen LogP contribution in [0.1, 0.15) is 46.2 Å². The number of rotatable bonds is 1. The molecule has 1 spiro atoms. The molecule has 0 aromatic heterocycles. The normalized spacial score (nSPS) is 19.7. The maximum Gasteiger partial charge on any atom is 0.384 e. The van der Waals surface area contributed by atoms with Crippen molar-refractivity contribution < 1.29 is 9.05 Å². The molecule has 1 aliphatic heterocycles. The van der Waals surface area contributed by atoms with Crippen LogP contribution in [0.15, 0.2) is 24.3 Å². The lowest BCUT2D eigenvalue weighted by molar-refractivity contribution is 0.384. The molecule has 2 aromatic carbocycles. The first-order chi connectivity index (χ1) is 12.0. The minimum atomic E-state index is -1.16. The Balaban J connectivity index is 1.87. The van der Waals surface area contributed by atoms with E-state index in [0.29, 0.717) is 0 Å². The van der Waals surface area contributed by atoms with Crippen molar-refractivity contribution in [3.63, 3.8) is 0 Å². The van der Waals surface area contributed by atoms with Crippen LogP contribution in [0.5, 0.6) is 11.5 Å². The second-order valence-corrected chi connectivity index (χ2v) is 9.48. The number of hydrogen-bond donors (Lipinski definition) is 0. The van der Waals surface area contributed by atoms with E-state index in [1.165, 1.54) is 46.2 Å². The first kappa shape index (κ1) is 15.7. The van der Waals surface area contributed by atoms with Gasteiger partial charge in [-0.2, -0.15) is 0 Å². The van der Waals surface area contributed by atoms with Crippen LogP contribution in [0.25, 0.3) is 0 Å². The average Bonchev–Trinajstić information content (AvgIpc) is 3.12. The van der Waals surface area contributed by atoms with Gasteiger partial charge in [-0.1, -0.05) is 24.3 Å². The van der Waals surface area contributed by atoms with Crippen LogP contribution in [0.2, 0.25) is 0 Å². The maximum atomic E-state index is 6.55. The molecule has 2 aliphatic carbocycles. The molecule has 0 saturated carbocycles. The predicted octanol–water partition coefficient (Wildman–Crippen LogP) is 5.04. The van der Waals surface area contributed by atoms with Crippen molar-refractivity contribution in [2.24, 2.45) is 0 Å². The molecule has 0 atom stereocenters. The summed E-state index contributed by atoms with van der Waals surface area (Å²) >= 11 is 0. The summed E-state index contributed by atoms with van der Waals surface area (Å²) < 4.78 is 15.2. The Bertz CT molecular complexity index is 820. The molecule has 25 heavy (non-hydrogen) atoms. The Hall–Kier alpha value is -1.57. The Morgan fingerprint density at radius 1 is 0.840 bits per heavy atom. The molecule has 0 unspecified atom stereocenters. The molecule has 3 nitrogen and oxygen atoms in total. The first-order valence-electron chi connectivity index (χ1n) is 9.10. The van der Waals surface area contributed by atoms with Crippen LogP contribution in [-0.2, 0) is 18.3 Å². The Morgan fingerprint density at radius 3 is 1.76 bits per heavy atom. The molecule has 4 heteroatoms. The number of hydrogen-bond acceptors (Lipinski definition) is 3. The van der Waals surface area contributed by atoms with Gasteiger partial charge in [0.1, 0.15) is 11.5 Å². The Kier molecular flexibility index (Phi) is 3.27. The van der Waals surface area contributed by atoms with Gasteiger partial charge in [0.25, 0.3) is 0 Å². The highest BCUT2D eigenvalue weighted by Gasteiger charge is 2.50. The molecule has 0 bridgehead atoms. The van der Waals surface area contributed by atoms with Crippen molar-refractivity contribution >= 4 is 8.53 Å². The van der Waals surface area contributed by atoms with E-state index >= 15 is 0 Å². The second kappa shape index (κ2) is 5.22. The lowest BCUT2D eigenvalue weighted by Crippen LogP contribution is -2.26. The van der Waals surface area contributed by atoms with Gasteiger partial charge in [0.2, 0.25) is 0 Å². The standard InChI is InChI=1S/C21H24NO2P/c1-13-5-7-15-9-11-21-12-10-16-8-6-14(2)20(18(16)21)24-25(22(3)4)23-19(13)17(15)21/h5-8H,9-12H2,1-4H3. The van der Waals surface area contributed by atoms with Crippen LogP contribution in [-0.4, -0.2) is 18.8 Å². The quantitative estimate of drug-likeness (QED) is 0.670. The Morgan fingerprint density at radius 2 is 1.32 bits per heavy atom.